The van der Waals surface area contributed by atoms with Crippen molar-refractivity contribution in [2.24, 2.45) is 0 Å². The highest BCUT2D eigenvalue weighted by Crippen LogP contribution is 2.45. The number of carbonyl (C=O) groups is 4. The summed E-state index contributed by atoms with van der Waals surface area (Å²) in [7, 11) is 1.55. The van der Waals surface area contributed by atoms with Crippen molar-refractivity contribution in [2.45, 2.75) is 24.5 Å². The first-order valence-corrected chi connectivity index (χ1v) is 13.0. The molecule has 3 atom stereocenters. The molecule has 4 aromatic rings. The summed E-state index contributed by atoms with van der Waals surface area (Å²) in [4.78, 5) is 58.7. The van der Waals surface area contributed by atoms with E-state index in [9.17, 15) is 29.4 Å². The summed E-state index contributed by atoms with van der Waals surface area (Å²) >= 11 is 0. The van der Waals surface area contributed by atoms with E-state index in [1.165, 1.54) is 17.0 Å². The Hall–Kier alpha value is -5.16. The number of ether oxygens (including phenoxy) is 1. The van der Waals surface area contributed by atoms with Gasteiger partial charge >= 0.3 is 12.0 Å². The van der Waals surface area contributed by atoms with Crippen molar-refractivity contribution in [3.63, 3.8) is 0 Å². The van der Waals surface area contributed by atoms with Gasteiger partial charge in [0.1, 0.15) is 17.8 Å². The van der Waals surface area contributed by atoms with Crippen molar-refractivity contribution >= 4 is 40.4 Å². The third-order valence-electron chi connectivity index (χ3n) is 7.63. The van der Waals surface area contributed by atoms with Crippen molar-refractivity contribution in [1.82, 2.24) is 15.2 Å². The second-order valence-corrected chi connectivity index (χ2v) is 9.89. The summed E-state index contributed by atoms with van der Waals surface area (Å²) in [5.74, 6) is -2.17. The van der Waals surface area contributed by atoms with Crippen molar-refractivity contribution in [1.29, 1.82) is 0 Å². The molecule has 0 saturated carbocycles. The highest BCUT2D eigenvalue weighted by Gasteiger charge is 2.53. The van der Waals surface area contributed by atoms with Crippen LogP contribution in [0.15, 0.2) is 72.8 Å². The van der Waals surface area contributed by atoms with Gasteiger partial charge in [0.15, 0.2) is 6.04 Å². The molecule has 1 saturated heterocycles. The number of amides is 4. The molecule has 0 aliphatic carbocycles. The number of aromatic amines is 1. The molecule has 1 aromatic heterocycles. The molecule has 1 unspecified atom stereocenters. The van der Waals surface area contributed by atoms with E-state index in [1.54, 1.807) is 25.3 Å². The number of nitrogens with one attached hydrogen (secondary N) is 2. The second kappa shape index (κ2) is 10.1. The summed E-state index contributed by atoms with van der Waals surface area (Å²) in [6, 6.07) is 17.4. The maximum absolute atomic E-state index is 14.2. The maximum atomic E-state index is 14.2. The number of carboxylic acids is 1. The number of H-pyrrole nitrogens is 1. The monoisotopic (exact) mass is 554 g/mol. The number of rotatable bonds is 7. The standard InChI is InChI=1S/C30H26N4O7/c1-41-17-8-6-7-16(13-17)26-25-20(18-9-2-4-11-21(18)31-25)14-24-28(37)34(30(40)33(24)26)23-12-5-3-10-19(23)27(36)32-22(15-35)29(38)39/h2-13,22,24,26,31,35H,14-15H2,1H3,(H,32,36)(H,38,39)/t22-,24-,26?/m0/s1. The van der Waals surface area contributed by atoms with Gasteiger partial charge < -0.3 is 25.3 Å². The zero-order valence-corrected chi connectivity index (χ0v) is 21.9. The van der Waals surface area contributed by atoms with Crippen molar-refractivity contribution in [2.75, 3.05) is 18.6 Å². The van der Waals surface area contributed by atoms with Gasteiger partial charge in [-0.1, -0.05) is 42.5 Å². The van der Waals surface area contributed by atoms with Gasteiger partial charge in [0.25, 0.3) is 11.8 Å². The number of aliphatic hydroxyl groups excluding tert-OH is 1. The number of benzene rings is 3. The number of hydrogen-bond acceptors (Lipinski definition) is 6. The average molecular weight is 555 g/mol. The van der Waals surface area contributed by atoms with Crippen LogP contribution in [0.4, 0.5) is 10.5 Å². The first-order valence-electron chi connectivity index (χ1n) is 13.0. The lowest BCUT2D eigenvalue weighted by Gasteiger charge is -2.36. The third-order valence-corrected chi connectivity index (χ3v) is 7.63. The largest absolute Gasteiger partial charge is 0.497 e. The van der Waals surface area contributed by atoms with Crippen molar-refractivity contribution < 1.29 is 34.1 Å². The number of fused-ring (bicyclic) bond motifs is 4. The lowest BCUT2D eigenvalue weighted by Crippen LogP contribution is -2.44. The molecule has 0 radical (unpaired) electrons. The molecule has 1 fully saturated rings. The third kappa shape index (κ3) is 4.18. The number of urea groups is 1. The van der Waals surface area contributed by atoms with Crippen LogP contribution in [0.25, 0.3) is 10.9 Å². The Labute approximate surface area is 233 Å². The van der Waals surface area contributed by atoms with Gasteiger partial charge in [-0.2, -0.15) is 0 Å². The molecule has 41 heavy (non-hydrogen) atoms. The van der Waals surface area contributed by atoms with E-state index in [0.29, 0.717) is 5.75 Å². The number of aliphatic hydroxyl groups is 1. The molecular weight excluding hydrogens is 528 g/mol. The molecule has 11 heteroatoms. The van der Waals surface area contributed by atoms with E-state index in [1.807, 2.05) is 42.5 Å². The number of aromatic nitrogens is 1. The molecule has 11 nitrogen and oxygen atoms in total. The topological polar surface area (TPSA) is 152 Å². The van der Waals surface area contributed by atoms with Gasteiger partial charge in [0.2, 0.25) is 0 Å². The number of aliphatic carboxylic acids is 1. The SMILES string of the molecule is COc1cccc(C2c3[nH]c4ccccc4c3C[C@H]3C(=O)N(c4ccccc4C(=O)N[C@@H](CO)C(=O)O)C(=O)N23)c1. The summed E-state index contributed by atoms with van der Waals surface area (Å²) in [6.07, 6.45) is 0.265. The number of carbonyl (C=O) groups excluding carboxylic acids is 3. The Morgan fingerprint density at radius 1 is 1.07 bits per heavy atom. The summed E-state index contributed by atoms with van der Waals surface area (Å²) < 4.78 is 5.45. The predicted octanol–water partition coefficient (Wildman–Crippen LogP) is 2.83. The highest BCUT2D eigenvalue weighted by molar-refractivity contribution is 6.24. The minimum Gasteiger partial charge on any atom is -0.497 e. The maximum Gasteiger partial charge on any atom is 0.332 e. The van der Waals surface area contributed by atoms with E-state index >= 15 is 0 Å². The van der Waals surface area contributed by atoms with Gasteiger partial charge in [-0.15, -0.1) is 0 Å². The first kappa shape index (κ1) is 26.1. The van der Waals surface area contributed by atoms with E-state index in [2.05, 4.69) is 10.3 Å². The quantitative estimate of drug-likeness (QED) is 0.256. The highest BCUT2D eigenvalue weighted by atomic mass is 16.5. The lowest BCUT2D eigenvalue weighted by atomic mass is 9.89. The summed E-state index contributed by atoms with van der Waals surface area (Å²) in [6.45, 7) is -0.825. The van der Waals surface area contributed by atoms with Gasteiger partial charge in [0, 0.05) is 23.0 Å². The zero-order valence-electron chi connectivity index (χ0n) is 21.9. The van der Waals surface area contributed by atoms with E-state index < -0.39 is 48.5 Å². The molecule has 6 rings (SSSR count). The van der Waals surface area contributed by atoms with Crippen molar-refractivity contribution in [3.8, 4) is 5.75 Å². The molecule has 208 valence electrons. The van der Waals surface area contributed by atoms with Crippen LogP contribution >= 0.6 is 0 Å². The Morgan fingerprint density at radius 2 is 1.83 bits per heavy atom. The van der Waals surface area contributed by atoms with Gasteiger partial charge in [-0.25, -0.2) is 14.5 Å². The van der Waals surface area contributed by atoms with Gasteiger partial charge in [0.05, 0.1) is 25.0 Å². The molecule has 3 heterocycles. The number of nitrogens with zero attached hydrogens (tertiary/aromatic N) is 2. The van der Waals surface area contributed by atoms with Gasteiger partial charge in [-0.05, 0) is 41.5 Å². The van der Waals surface area contributed by atoms with Crippen LogP contribution in [0.5, 0.6) is 5.75 Å². The van der Waals surface area contributed by atoms with Crippen LogP contribution in [-0.2, 0) is 16.0 Å². The van der Waals surface area contributed by atoms with Gasteiger partial charge in [-0.3, -0.25) is 14.5 Å². The molecular formula is C30H26N4O7. The minimum atomic E-state index is -1.55. The fourth-order valence-corrected chi connectivity index (χ4v) is 5.74. The number of para-hydroxylation sites is 2. The average Bonchev–Trinajstić information content (AvgIpc) is 3.48. The summed E-state index contributed by atoms with van der Waals surface area (Å²) in [5, 5.41) is 21.9. The van der Waals surface area contributed by atoms with Crippen LogP contribution in [0.2, 0.25) is 0 Å². The molecule has 0 spiro atoms. The normalized spacial score (nSPS) is 18.7. The molecule has 4 N–H and O–H groups in total. The second-order valence-electron chi connectivity index (χ2n) is 9.89. The number of imide groups is 1. The Bertz CT molecular complexity index is 1710. The van der Waals surface area contributed by atoms with Crippen molar-refractivity contribution in [3.05, 3.63) is 95.2 Å². The summed E-state index contributed by atoms with van der Waals surface area (Å²) in [5.41, 5.74) is 3.29. The lowest BCUT2D eigenvalue weighted by molar-refractivity contribution is -0.140. The fourth-order valence-electron chi connectivity index (χ4n) is 5.74. The predicted molar refractivity (Wildman–Crippen MR) is 148 cm³/mol. The zero-order chi connectivity index (χ0) is 28.8. The Morgan fingerprint density at radius 3 is 2.59 bits per heavy atom. The van der Waals surface area contributed by atoms with E-state index in [-0.39, 0.29) is 17.7 Å². The Kier molecular flexibility index (Phi) is 6.43. The molecule has 2 aliphatic heterocycles. The Balaban J connectivity index is 1.46. The molecule has 3 aromatic carbocycles. The molecule has 4 amide bonds. The number of methoxy groups -OCH3 is 1. The van der Waals surface area contributed by atoms with Crippen LogP contribution in [0.3, 0.4) is 0 Å². The number of hydrogen-bond donors (Lipinski definition) is 4. The fraction of sp³-hybridized carbons (Fsp3) is 0.200. The number of anilines is 1. The van der Waals surface area contributed by atoms with Crippen LogP contribution < -0.4 is 15.0 Å². The smallest absolute Gasteiger partial charge is 0.332 e. The van der Waals surface area contributed by atoms with E-state index in [0.717, 1.165) is 32.6 Å². The van der Waals surface area contributed by atoms with Crippen LogP contribution in [0.1, 0.15) is 33.2 Å². The molecule has 2 aliphatic rings. The van der Waals surface area contributed by atoms with Crippen LogP contribution in [-0.4, -0.2) is 69.7 Å². The number of carboxylic acid groups (broad SMARTS) is 1. The first-order chi connectivity index (χ1) is 19.8. The van der Waals surface area contributed by atoms with Crippen LogP contribution in [0, 0.1) is 0 Å². The van der Waals surface area contributed by atoms with E-state index in [4.69, 9.17) is 4.74 Å². The minimum absolute atomic E-state index is 0.0226. The molecule has 0 bridgehead atoms.